The Hall–Kier alpha value is -3.56. The van der Waals surface area contributed by atoms with E-state index >= 15 is 0 Å². The molecule has 0 radical (unpaired) electrons. The van der Waals surface area contributed by atoms with Crippen LogP contribution in [-0.4, -0.2) is 53.5 Å². The number of aryl methyl sites for hydroxylation is 1. The Balaban J connectivity index is 1.41. The number of aliphatic carboxylic acids is 1. The van der Waals surface area contributed by atoms with Crippen molar-refractivity contribution in [3.05, 3.63) is 65.2 Å². The number of rotatable bonds is 11. The van der Waals surface area contributed by atoms with Gasteiger partial charge in [-0.3, -0.25) is 9.59 Å². The van der Waals surface area contributed by atoms with Crippen molar-refractivity contribution in [3.8, 4) is 5.75 Å². The largest absolute Gasteiger partial charge is 0.494 e. The molecule has 1 fully saturated rings. The molecule has 206 valence electrons. The number of ether oxygens (including phenoxy) is 1. The number of piperidine rings is 1. The van der Waals surface area contributed by atoms with Crippen LogP contribution in [0.3, 0.4) is 0 Å². The molecule has 3 rings (SSSR count). The van der Waals surface area contributed by atoms with Crippen molar-refractivity contribution in [3.63, 3.8) is 0 Å². The maximum atomic E-state index is 12.7. The normalized spacial score (nSPS) is 15.1. The summed E-state index contributed by atoms with van der Waals surface area (Å²) < 4.78 is 43.6. The average Bonchev–Trinajstić information content (AvgIpc) is 2.88. The lowest BCUT2D eigenvalue weighted by atomic mass is 9.92. The number of likely N-dealkylation sites (tertiary alicyclic amines) is 1. The van der Waals surface area contributed by atoms with Crippen LogP contribution in [0.2, 0.25) is 0 Å². The predicted octanol–water partition coefficient (Wildman–Crippen LogP) is 4.48. The van der Waals surface area contributed by atoms with Gasteiger partial charge in [0.2, 0.25) is 11.8 Å². The maximum absolute atomic E-state index is 12.7. The van der Waals surface area contributed by atoms with E-state index in [1.165, 1.54) is 12.1 Å². The third-order valence-corrected chi connectivity index (χ3v) is 6.66. The summed E-state index contributed by atoms with van der Waals surface area (Å²) in [5.41, 5.74) is 0.610. The third-order valence-electron chi connectivity index (χ3n) is 6.66. The molecule has 1 unspecified atom stereocenters. The maximum Gasteiger partial charge on any atom is 0.416 e. The molecule has 2 amide bonds. The molecule has 10 heteroatoms. The fourth-order valence-electron chi connectivity index (χ4n) is 4.50. The van der Waals surface area contributed by atoms with Crippen LogP contribution in [-0.2, 0) is 33.4 Å². The molecule has 7 nitrogen and oxygen atoms in total. The minimum absolute atomic E-state index is 0.0191. The molecule has 1 atom stereocenters. The fraction of sp³-hybridized carbons (Fsp3) is 0.464. The molecule has 0 spiro atoms. The first-order valence-corrected chi connectivity index (χ1v) is 12.7. The SMILES string of the molecule is CCOc1ccc(CCC(=O)N2CCC(CC(=O)NC(Cc3ccc(C(F)(F)F)cc3)C(=O)O)CC2)cc1. The number of carboxylic acids is 1. The number of nitrogens with zero attached hydrogens (tertiary/aromatic N) is 1. The van der Waals surface area contributed by atoms with Crippen LogP contribution in [0.15, 0.2) is 48.5 Å². The molecule has 1 aliphatic rings. The molecule has 2 N–H and O–H groups in total. The Morgan fingerprint density at radius 3 is 2.18 bits per heavy atom. The first kappa shape index (κ1) is 29.0. The van der Waals surface area contributed by atoms with Crippen molar-refractivity contribution >= 4 is 17.8 Å². The summed E-state index contributed by atoms with van der Waals surface area (Å²) in [5.74, 6) is -0.811. The number of carboxylic acid groups (broad SMARTS) is 1. The molecule has 0 bridgehead atoms. The number of nitrogens with one attached hydrogen (secondary N) is 1. The van der Waals surface area contributed by atoms with Gasteiger partial charge in [0.25, 0.3) is 0 Å². The first-order chi connectivity index (χ1) is 18.0. The average molecular weight is 535 g/mol. The first-order valence-electron chi connectivity index (χ1n) is 12.7. The van der Waals surface area contributed by atoms with Crippen LogP contribution in [0.4, 0.5) is 13.2 Å². The van der Waals surface area contributed by atoms with Crippen molar-refractivity contribution in [2.24, 2.45) is 5.92 Å². The van der Waals surface area contributed by atoms with Crippen LogP contribution in [0, 0.1) is 5.92 Å². The number of amides is 2. The summed E-state index contributed by atoms with van der Waals surface area (Å²) >= 11 is 0. The van der Waals surface area contributed by atoms with Crippen molar-refractivity contribution in [2.75, 3.05) is 19.7 Å². The molecule has 0 aliphatic carbocycles. The lowest BCUT2D eigenvalue weighted by Crippen LogP contribution is -2.44. The van der Waals surface area contributed by atoms with E-state index in [4.69, 9.17) is 4.74 Å². The van der Waals surface area contributed by atoms with Gasteiger partial charge in [0.05, 0.1) is 12.2 Å². The zero-order chi connectivity index (χ0) is 27.7. The second-order valence-electron chi connectivity index (χ2n) is 9.46. The molecule has 0 saturated carbocycles. The number of benzene rings is 2. The predicted molar refractivity (Wildman–Crippen MR) is 135 cm³/mol. The Kier molecular flexibility index (Phi) is 10.2. The highest BCUT2D eigenvalue weighted by molar-refractivity contribution is 5.84. The zero-order valence-corrected chi connectivity index (χ0v) is 21.3. The number of carbonyl (C=O) groups excluding carboxylic acids is 2. The topological polar surface area (TPSA) is 95.9 Å². The van der Waals surface area contributed by atoms with Crippen LogP contribution < -0.4 is 10.1 Å². The number of alkyl halides is 3. The van der Waals surface area contributed by atoms with Gasteiger partial charge < -0.3 is 20.1 Å². The summed E-state index contributed by atoms with van der Waals surface area (Å²) in [4.78, 5) is 38.6. The second-order valence-corrected chi connectivity index (χ2v) is 9.46. The molecule has 2 aromatic carbocycles. The minimum atomic E-state index is -4.48. The van der Waals surface area contributed by atoms with Crippen LogP contribution in [0.5, 0.6) is 5.75 Å². The summed E-state index contributed by atoms with van der Waals surface area (Å²) in [6.07, 6.45) is -2.18. The summed E-state index contributed by atoms with van der Waals surface area (Å²) in [5, 5.41) is 12.0. The molecule has 1 aliphatic heterocycles. The van der Waals surface area contributed by atoms with Crippen LogP contribution >= 0.6 is 0 Å². The van der Waals surface area contributed by atoms with Crippen LogP contribution in [0.1, 0.15) is 49.3 Å². The lowest BCUT2D eigenvalue weighted by Gasteiger charge is -2.32. The molecule has 0 aromatic heterocycles. The highest BCUT2D eigenvalue weighted by Gasteiger charge is 2.30. The quantitative estimate of drug-likeness (QED) is 0.443. The number of hydrogen-bond donors (Lipinski definition) is 2. The van der Waals surface area contributed by atoms with E-state index in [9.17, 15) is 32.7 Å². The van der Waals surface area contributed by atoms with Gasteiger partial charge in [-0.1, -0.05) is 24.3 Å². The Morgan fingerprint density at radius 2 is 1.63 bits per heavy atom. The van der Waals surface area contributed by atoms with Crippen molar-refractivity contribution < 1.29 is 37.4 Å². The van der Waals surface area contributed by atoms with Gasteiger partial charge in [0.15, 0.2) is 0 Å². The summed E-state index contributed by atoms with van der Waals surface area (Å²) in [6.45, 7) is 3.59. The molecular formula is C28H33F3N2O5. The van der Waals surface area contributed by atoms with Gasteiger partial charge in [-0.2, -0.15) is 13.2 Å². The second kappa shape index (κ2) is 13.3. The van der Waals surface area contributed by atoms with E-state index in [1.807, 2.05) is 31.2 Å². The van der Waals surface area contributed by atoms with E-state index in [2.05, 4.69) is 5.32 Å². The third kappa shape index (κ3) is 8.78. The molecule has 1 saturated heterocycles. The smallest absolute Gasteiger partial charge is 0.416 e. The van der Waals surface area contributed by atoms with Crippen molar-refractivity contribution in [2.45, 2.75) is 57.7 Å². The highest BCUT2D eigenvalue weighted by Crippen LogP contribution is 2.29. The summed E-state index contributed by atoms with van der Waals surface area (Å²) in [7, 11) is 0. The highest BCUT2D eigenvalue weighted by atomic mass is 19.4. The van der Waals surface area contributed by atoms with Gasteiger partial charge >= 0.3 is 12.1 Å². The standard InChI is InChI=1S/C28H33F3N2O5/c1-2-38-23-10-5-19(6-11-23)7-12-26(35)33-15-13-21(14-16-33)18-25(34)32-24(27(36)37)17-20-3-8-22(9-4-20)28(29,30)31/h3-6,8-11,21,24H,2,7,12-18H2,1H3,(H,32,34)(H,36,37). The number of halogens is 3. The van der Waals surface area contributed by atoms with E-state index in [1.54, 1.807) is 4.90 Å². The zero-order valence-electron chi connectivity index (χ0n) is 21.3. The Labute approximate surface area is 220 Å². The summed E-state index contributed by atoms with van der Waals surface area (Å²) in [6, 6.07) is 10.6. The van der Waals surface area contributed by atoms with Crippen LogP contribution in [0.25, 0.3) is 0 Å². The van der Waals surface area contributed by atoms with E-state index in [0.29, 0.717) is 50.9 Å². The molecule has 2 aromatic rings. The van der Waals surface area contributed by atoms with Gasteiger partial charge in [0, 0.05) is 32.4 Å². The van der Waals surface area contributed by atoms with Gasteiger partial charge in [-0.25, -0.2) is 4.79 Å². The monoisotopic (exact) mass is 534 g/mol. The number of carbonyl (C=O) groups is 3. The molecule has 38 heavy (non-hydrogen) atoms. The van der Waals surface area contributed by atoms with E-state index in [0.717, 1.165) is 23.4 Å². The van der Waals surface area contributed by atoms with E-state index < -0.39 is 29.7 Å². The van der Waals surface area contributed by atoms with Crippen molar-refractivity contribution in [1.82, 2.24) is 10.2 Å². The molecule has 1 heterocycles. The molecular weight excluding hydrogens is 501 g/mol. The fourth-order valence-corrected chi connectivity index (χ4v) is 4.50. The van der Waals surface area contributed by atoms with Gasteiger partial charge in [0.1, 0.15) is 11.8 Å². The minimum Gasteiger partial charge on any atom is -0.494 e. The van der Waals surface area contributed by atoms with Gasteiger partial charge in [-0.15, -0.1) is 0 Å². The van der Waals surface area contributed by atoms with E-state index in [-0.39, 0.29) is 24.7 Å². The van der Waals surface area contributed by atoms with Gasteiger partial charge in [-0.05, 0) is 67.5 Å². The lowest BCUT2D eigenvalue weighted by molar-refractivity contribution is -0.142. The van der Waals surface area contributed by atoms with Crippen molar-refractivity contribution in [1.29, 1.82) is 0 Å². The Morgan fingerprint density at radius 1 is 1.03 bits per heavy atom. The number of hydrogen-bond acceptors (Lipinski definition) is 4. The Bertz CT molecular complexity index is 1080.